The Morgan fingerprint density at radius 3 is 2.50 bits per heavy atom. The van der Waals surface area contributed by atoms with Crippen LogP contribution in [0.25, 0.3) is 0 Å². The Morgan fingerprint density at radius 2 is 2.05 bits per heavy atom. The van der Waals surface area contributed by atoms with Crippen LogP contribution in [0, 0.1) is 10.1 Å². The number of rotatable bonds is 2. The molecule has 1 aliphatic rings. The highest BCUT2D eigenvalue weighted by Gasteiger charge is 2.35. The van der Waals surface area contributed by atoms with Crippen molar-refractivity contribution in [2.45, 2.75) is 18.6 Å². The van der Waals surface area contributed by atoms with Crippen LogP contribution in [-0.4, -0.2) is 34.9 Å². The van der Waals surface area contributed by atoms with E-state index in [9.17, 15) is 28.1 Å². The maximum atomic E-state index is 12.6. The van der Waals surface area contributed by atoms with Gasteiger partial charge in [0.05, 0.1) is 10.5 Å². The maximum absolute atomic E-state index is 12.6. The predicted molar refractivity (Wildman–Crippen MR) is 73.8 cm³/mol. The smallest absolute Gasteiger partial charge is 0.337 e. The van der Waals surface area contributed by atoms with Gasteiger partial charge in [-0.25, -0.2) is 0 Å². The number of alkyl halides is 3. The molecule has 0 saturated carbocycles. The number of nitro groups is 1. The van der Waals surface area contributed by atoms with Gasteiger partial charge < -0.3 is 10.6 Å². The van der Waals surface area contributed by atoms with E-state index in [1.54, 1.807) is 0 Å². The summed E-state index contributed by atoms with van der Waals surface area (Å²) in [7, 11) is 0. The molecule has 1 aromatic rings. The van der Waals surface area contributed by atoms with Crippen LogP contribution in [-0.2, 0) is 6.18 Å². The van der Waals surface area contributed by atoms with Crippen LogP contribution in [0.3, 0.4) is 0 Å². The van der Waals surface area contributed by atoms with E-state index in [-0.39, 0.29) is 30.6 Å². The second-order valence-corrected chi connectivity index (χ2v) is 4.79. The molecule has 0 aromatic heterocycles. The number of amides is 1. The molecule has 2 rings (SSSR count). The van der Waals surface area contributed by atoms with Gasteiger partial charge in [-0.3, -0.25) is 14.9 Å². The van der Waals surface area contributed by atoms with Crippen LogP contribution in [0.15, 0.2) is 18.2 Å². The van der Waals surface area contributed by atoms with Crippen molar-refractivity contribution in [3.8, 4) is 0 Å². The molecule has 0 radical (unpaired) electrons. The fraction of sp³-hybridized carbons (Fsp3) is 0.417. The van der Waals surface area contributed by atoms with Gasteiger partial charge >= 0.3 is 6.18 Å². The third-order valence-electron chi connectivity index (χ3n) is 3.26. The Bertz CT molecular complexity index is 595. The molecule has 2 N–H and O–H groups in total. The summed E-state index contributed by atoms with van der Waals surface area (Å²) < 4.78 is 37.7. The van der Waals surface area contributed by atoms with Crippen molar-refractivity contribution in [2.24, 2.45) is 5.73 Å². The monoisotopic (exact) mass is 339 g/mol. The van der Waals surface area contributed by atoms with Crippen molar-refractivity contribution in [1.29, 1.82) is 0 Å². The lowest BCUT2D eigenvalue weighted by Gasteiger charge is -2.16. The Hall–Kier alpha value is -1.87. The Labute approximate surface area is 129 Å². The van der Waals surface area contributed by atoms with Crippen LogP contribution < -0.4 is 5.73 Å². The van der Waals surface area contributed by atoms with E-state index >= 15 is 0 Å². The third kappa shape index (κ3) is 3.66. The number of nitrogens with zero attached hydrogens (tertiary/aromatic N) is 2. The fourth-order valence-electron chi connectivity index (χ4n) is 2.18. The van der Waals surface area contributed by atoms with Gasteiger partial charge in [-0.2, -0.15) is 13.2 Å². The van der Waals surface area contributed by atoms with Crippen LogP contribution >= 0.6 is 12.4 Å². The summed E-state index contributed by atoms with van der Waals surface area (Å²) in [6.45, 7) is 0.565. The van der Waals surface area contributed by atoms with Crippen molar-refractivity contribution in [3.05, 3.63) is 39.4 Å². The minimum atomic E-state index is -4.71. The largest absolute Gasteiger partial charge is 0.416 e. The number of carbonyl (C=O) groups excluding carboxylic acids is 1. The zero-order chi connectivity index (χ0) is 15.8. The molecule has 122 valence electrons. The molecule has 0 bridgehead atoms. The highest BCUT2D eigenvalue weighted by atomic mass is 35.5. The number of likely N-dealkylation sites (tertiary alicyclic amines) is 1. The van der Waals surface area contributed by atoms with Crippen molar-refractivity contribution >= 4 is 24.0 Å². The molecular formula is C12H13ClF3N3O3. The van der Waals surface area contributed by atoms with Gasteiger partial charge in [0, 0.05) is 25.2 Å². The standard InChI is InChI=1S/C12H12F3N3O3.ClH/c13-12(14,15)7-1-2-9(10(5-7)18(20)21)11(19)17-4-3-8(16)6-17;/h1-2,5,8H,3-4,6,16H2;1H/t8-;/m1./s1. The number of halogens is 4. The van der Waals surface area contributed by atoms with Crippen LogP contribution in [0.1, 0.15) is 22.3 Å². The molecule has 0 aliphatic carbocycles. The van der Waals surface area contributed by atoms with Gasteiger partial charge in [0.2, 0.25) is 0 Å². The SMILES string of the molecule is Cl.N[C@@H]1CCN(C(=O)c2ccc(C(F)(F)F)cc2[N+](=O)[O-])C1. The molecule has 1 amide bonds. The number of nitro benzene ring substituents is 1. The lowest BCUT2D eigenvalue weighted by atomic mass is 10.1. The Morgan fingerprint density at radius 1 is 1.41 bits per heavy atom. The summed E-state index contributed by atoms with van der Waals surface area (Å²) in [5, 5.41) is 10.9. The predicted octanol–water partition coefficient (Wildman–Crippen LogP) is 2.21. The summed E-state index contributed by atoms with van der Waals surface area (Å²) in [6.07, 6.45) is -4.15. The molecule has 6 nitrogen and oxygen atoms in total. The maximum Gasteiger partial charge on any atom is 0.416 e. The number of nitrogens with two attached hydrogens (primary N) is 1. The quantitative estimate of drug-likeness (QED) is 0.660. The second kappa shape index (κ2) is 6.49. The van der Waals surface area contributed by atoms with Crippen molar-refractivity contribution < 1.29 is 22.9 Å². The molecule has 1 aliphatic heterocycles. The lowest BCUT2D eigenvalue weighted by molar-refractivity contribution is -0.385. The highest BCUT2D eigenvalue weighted by molar-refractivity contribution is 5.98. The lowest BCUT2D eigenvalue weighted by Crippen LogP contribution is -2.32. The second-order valence-electron chi connectivity index (χ2n) is 4.79. The van der Waals surface area contributed by atoms with E-state index in [1.807, 2.05) is 0 Å². The van der Waals surface area contributed by atoms with E-state index in [2.05, 4.69) is 0 Å². The van der Waals surface area contributed by atoms with Gasteiger partial charge in [0.15, 0.2) is 0 Å². The number of carbonyl (C=O) groups is 1. The zero-order valence-electron chi connectivity index (χ0n) is 11.2. The van der Waals surface area contributed by atoms with E-state index in [0.29, 0.717) is 25.1 Å². The average Bonchev–Trinajstić information content (AvgIpc) is 2.82. The third-order valence-corrected chi connectivity index (χ3v) is 3.26. The van der Waals surface area contributed by atoms with Crippen LogP contribution in [0.5, 0.6) is 0 Å². The first-order valence-electron chi connectivity index (χ1n) is 6.10. The minimum absolute atomic E-state index is 0. The summed E-state index contributed by atoms with van der Waals surface area (Å²) in [5.74, 6) is -0.677. The molecule has 10 heteroatoms. The fourth-order valence-corrected chi connectivity index (χ4v) is 2.18. The summed E-state index contributed by atoms with van der Waals surface area (Å²) in [5.41, 5.74) is 3.27. The average molecular weight is 340 g/mol. The van der Waals surface area contributed by atoms with Crippen molar-refractivity contribution in [1.82, 2.24) is 4.90 Å². The van der Waals surface area contributed by atoms with Gasteiger partial charge in [0.1, 0.15) is 5.56 Å². The highest BCUT2D eigenvalue weighted by Crippen LogP contribution is 2.33. The summed E-state index contributed by atoms with van der Waals surface area (Å²) >= 11 is 0. The van der Waals surface area contributed by atoms with Crippen LogP contribution in [0.4, 0.5) is 18.9 Å². The van der Waals surface area contributed by atoms with Gasteiger partial charge in [0.25, 0.3) is 11.6 Å². The summed E-state index contributed by atoms with van der Waals surface area (Å²) in [6, 6.07) is 1.66. The van der Waals surface area contributed by atoms with E-state index in [4.69, 9.17) is 5.73 Å². The van der Waals surface area contributed by atoms with E-state index in [1.165, 1.54) is 4.90 Å². The van der Waals surface area contributed by atoms with Crippen LogP contribution in [0.2, 0.25) is 0 Å². The first kappa shape index (κ1) is 18.2. The number of hydrogen-bond donors (Lipinski definition) is 1. The first-order valence-corrected chi connectivity index (χ1v) is 6.10. The molecule has 0 spiro atoms. The van der Waals surface area contributed by atoms with E-state index < -0.39 is 28.3 Å². The molecule has 1 fully saturated rings. The Balaban J connectivity index is 0.00000242. The minimum Gasteiger partial charge on any atom is -0.337 e. The van der Waals surface area contributed by atoms with Gasteiger partial charge in [-0.15, -0.1) is 12.4 Å². The molecule has 1 heterocycles. The summed E-state index contributed by atoms with van der Waals surface area (Å²) in [4.78, 5) is 23.4. The number of benzene rings is 1. The van der Waals surface area contributed by atoms with E-state index in [0.717, 1.165) is 6.07 Å². The molecule has 1 aromatic carbocycles. The molecule has 1 atom stereocenters. The van der Waals surface area contributed by atoms with Crippen molar-refractivity contribution in [3.63, 3.8) is 0 Å². The number of hydrogen-bond acceptors (Lipinski definition) is 4. The van der Waals surface area contributed by atoms with Gasteiger partial charge in [-0.05, 0) is 18.6 Å². The topological polar surface area (TPSA) is 89.5 Å². The molecule has 0 unspecified atom stereocenters. The zero-order valence-corrected chi connectivity index (χ0v) is 12.0. The van der Waals surface area contributed by atoms with Gasteiger partial charge in [-0.1, -0.05) is 0 Å². The first-order chi connectivity index (χ1) is 9.70. The van der Waals surface area contributed by atoms with Crippen molar-refractivity contribution in [2.75, 3.05) is 13.1 Å². The molecule has 22 heavy (non-hydrogen) atoms. The molecule has 1 saturated heterocycles. The Kier molecular flexibility index (Phi) is 5.36. The normalized spacial score (nSPS) is 18.0. The molecular weight excluding hydrogens is 327 g/mol.